The molecule has 1 aromatic carbocycles. The number of halogens is 2. The van der Waals surface area contributed by atoms with Crippen LogP contribution in [0, 0.1) is 0 Å². The average molecular weight is 367 g/mol. The van der Waals surface area contributed by atoms with Gasteiger partial charge in [-0.15, -0.1) is 10.2 Å². The monoisotopic (exact) mass is 366 g/mol. The predicted molar refractivity (Wildman–Crippen MR) is 98.1 cm³/mol. The number of hydrogen-bond donors (Lipinski definition) is 1. The molecule has 1 amide bonds. The molecule has 0 aliphatic carbocycles. The van der Waals surface area contributed by atoms with Gasteiger partial charge in [-0.25, -0.2) is 0 Å². The average Bonchev–Trinajstić information content (AvgIpc) is 2.58. The Hall–Kier alpha value is -1.85. The SMILES string of the molecule is CCN(CC)c1ccc(C(=O)NCCc2ccc(Cl)cc2Cl)nn1. The molecular formula is C17H20Cl2N4O. The Labute approximate surface area is 152 Å². The minimum atomic E-state index is -0.251. The van der Waals surface area contributed by atoms with E-state index in [-0.39, 0.29) is 5.91 Å². The van der Waals surface area contributed by atoms with Crippen molar-refractivity contribution in [2.24, 2.45) is 0 Å². The van der Waals surface area contributed by atoms with Crippen molar-refractivity contribution in [3.8, 4) is 0 Å². The lowest BCUT2D eigenvalue weighted by Crippen LogP contribution is -2.28. The Morgan fingerprint density at radius 2 is 1.88 bits per heavy atom. The van der Waals surface area contributed by atoms with Gasteiger partial charge >= 0.3 is 0 Å². The largest absolute Gasteiger partial charge is 0.356 e. The molecule has 1 aromatic heterocycles. The van der Waals surface area contributed by atoms with Crippen LogP contribution in [-0.2, 0) is 6.42 Å². The zero-order valence-electron chi connectivity index (χ0n) is 13.7. The van der Waals surface area contributed by atoms with Gasteiger partial charge in [0.1, 0.15) is 0 Å². The highest BCUT2D eigenvalue weighted by atomic mass is 35.5. The van der Waals surface area contributed by atoms with Crippen LogP contribution >= 0.6 is 23.2 Å². The summed E-state index contributed by atoms with van der Waals surface area (Å²) in [6.45, 7) is 6.25. The van der Waals surface area contributed by atoms with Crippen molar-refractivity contribution in [2.45, 2.75) is 20.3 Å². The summed E-state index contributed by atoms with van der Waals surface area (Å²) < 4.78 is 0. The van der Waals surface area contributed by atoms with E-state index >= 15 is 0 Å². The lowest BCUT2D eigenvalue weighted by atomic mass is 10.1. The second kappa shape index (κ2) is 8.85. The Kier molecular flexibility index (Phi) is 6.82. The Bertz CT molecular complexity index is 687. The topological polar surface area (TPSA) is 58.1 Å². The van der Waals surface area contributed by atoms with E-state index in [4.69, 9.17) is 23.2 Å². The molecule has 5 nitrogen and oxygen atoms in total. The van der Waals surface area contributed by atoms with Crippen molar-refractivity contribution in [3.63, 3.8) is 0 Å². The van der Waals surface area contributed by atoms with Crippen LogP contribution < -0.4 is 10.2 Å². The highest BCUT2D eigenvalue weighted by Crippen LogP contribution is 2.21. The van der Waals surface area contributed by atoms with Gasteiger partial charge in [0.25, 0.3) is 5.91 Å². The van der Waals surface area contributed by atoms with Crippen molar-refractivity contribution < 1.29 is 4.79 Å². The van der Waals surface area contributed by atoms with Crippen LogP contribution in [0.4, 0.5) is 5.82 Å². The number of hydrogen-bond acceptors (Lipinski definition) is 4. The number of rotatable bonds is 7. The standard InChI is InChI=1S/C17H20Cl2N4O/c1-3-23(4-2)16-8-7-15(21-22-16)17(24)20-10-9-12-5-6-13(18)11-14(12)19/h5-8,11H,3-4,9-10H2,1-2H3,(H,20,24). The van der Waals surface area contributed by atoms with Gasteiger partial charge in [-0.05, 0) is 50.1 Å². The zero-order chi connectivity index (χ0) is 17.5. The normalized spacial score (nSPS) is 10.5. The number of nitrogens with zero attached hydrogens (tertiary/aromatic N) is 3. The van der Waals surface area contributed by atoms with E-state index in [1.807, 2.05) is 26.0 Å². The van der Waals surface area contributed by atoms with Crippen LogP contribution in [0.3, 0.4) is 0 Å². The molecule has 0 bridgehead atoms. The molecule has 0 saturated carbocycles. The van der Waals surface area contributed by atoms with Crippen LogP contribution in [0.5, 0.6) is 0 Å². The lowest BCUT2D eigenvalue weighted by molar-refractivity contribution is 0.0948. The molecule has 1 heterocycles. The highest BCUT2D eigenvalue weighted by Gasteiger charge is 2.10. The first kappa shape index (κ1) is 18.5. The molecule has 0 atom stereocenters. The summed E-state index contributed by atoms with van der Waals surface area (Å²) >= 11 is 12.0. The molecule has 0 radical (unpaired) electrons. The maximum atomic E-state index is 12.1. The van der Waals surface area contributed by atoms with Crippen LogP contribution in [-0.4, -0.2) is 35.7 Å². The van der Waals surface area contributed by atoms with Crippen molar-refractivity contribution in [3.05, 3.63) is 51.6 Å². The van der Waals surface area contributed by atoms with Crippen molar-refractivity contribution in [1.29, 1.82) is 0 Å². The summed E-state index contributed by atoms with van der Waals surface area (Å²) in [5.74, 6) is 0.517. The number of carbonyl (C=O) groups excluding carboxylic acids is 1. The number of aromatic nitrogens is 2. The highest BCUT2D eigenvalue weighted by molar-refractivity contribution is 6.35. The molecule has 0 aliphatic heterocycles. The van der Waals surface area contributed by atoms with Crippen LogP contribution in [0.25, 0.3) is 0 Å². The summed E-state index contributed by atoms with van der Waals surface area (Å²) in [7, 11) is 0. The van der Waals surface area contributed by atoms with E-state index < -0.39 is 0 Å². The number of carbonyl (C=O) groups is 1. The smallest absolute Gasteiger partial charge is 0.271 e. The van der Waals surface area contributed by atoms with Gasteiger partial charge in [0.2, 0.25) is 0 Å². The quantitative estimate of drug-likeness (QED) is 0.812. The summed E-state index contributed by atoms with van der Waals surface area (Å²) in [4.78, 5) is 14.2. The lowest BCUT2D eigenvalue weighted by Gasteiger charge is -2.18. The summed E-state index contributed by atoms with van der Waals surface area (Å²) in [6.07, 6.45) is 0.618. The van der Waals surface area contributed by atoms with Gasteiger partial charge in [0, 0.05) is 29.7 Å². The second-order valence-corrected chi connectivity index (χ2v) is 6.03. The molecule has 2 aromatic rings. The molecule has 0 spiro atoms. The van der Waals surface area contributed by atoms with E-state index in [9.17, 15) is 4.79 Å². The molecule has 1 N–H and O–H groups in total. The summed E-state index contributed by atoms with van der Waals surface area (Å²) in [5.41, 5.74) is 1.23. The molecule has 0 unspecified atom stereocenters. The van der Waals surface area contributed by atoms with Crippen molar-refractivity contribution >= 4 is 34.9 Å². The third-order valence-corrected chi connectivity index (χ3v) is 4.25. The first-order chi connectivity index (χ1) is 11.5. The molecule has 7 heteroatoms. The number of amides is 1. The van der Waals surface area contributed by atoms with E-state index in [1.54, 1.807) is 18.2 Å². The van der Waals surface area contributed by atoms with E-state index in [2.05, 4.69) is 20.4 Å². The third kappa shape index (κ3) is 4.82. The van der Waals surface area contributed by atoms with Gasteiger partial charge in [-0.2, -0.15) is 0 Å². The fourth-order valence-corrected chi connectivity index (χ4v) is 2.79. The zero-order valence-corrected chi connectivity index (χ0v) is 15.2. The van der Waals surface area contributed by atoms with Crippen LogP contribution in [0.1, 0.15) is 29.9 Å². The van der Waals surface area contributed by atoms with Gasteiger partial charge in [-0.1, -0.05) is 29.3 Å². The summed E-state index contributed by atoms with van der Waals surface area (Å²) in [6, 6.07) is 8.82. The maximum Gasteiger partial charge on any atom is 0.271 e. The minimum Gasteiger partial charge on any atom is -0.356 e. The Morgan fingerprint density at radius 1 is 1.12 bits per heavy atom. The number of anilines is 1. The predicted octanol–water partition coefficient (Wildman–Crippen LogP) is 3.60. The van der Waals surface area contributed by atoms with Crippen molar-refractivity contribution in [2.75, 3.05) is 24.5 Å². The van der Waals surface area contributed by atoms with E-state index in [0.717, 1.165) is 24.5 Å². The third-order valence-electron chi connectivity index (χ3n) is 3.67. The van der Waals surface area contributed by atoms with E-state index in [0.29, 0.717) is 28.7 Å². The molecule has 0 saturated heterocycles. The molecule has 24 heavy (non-hydrogen) atoms. The number of nitrogens with one attached hydrogen (secondary N) is 1. The Morgan fingerprint density at radius 3 is 2.46 bits per heavy atom. The summed E-state index contributed by atoms with van der Waals surface area (Å²) in [5, 5.41) is 12.1. The fraction of sp³-hybridized carbons (Fsp3) is 0.353. The van der Waals surface area contributed by atoms with Gasteiger partial charge < -0.3 is 10.2 Å². The second-order valence-electron chi connectivity index (χ2n) is 5.19. The molecule has 0 fully saturated rings. The minimum absolute atomic E-state index is 0.251. The molecular weight excluding hydrogens is 347 g/mol. The first-order valence-electron chi connectivity index (χ1n) is 7.86. The first-order valence-corrected chi connectivity index (χ1v) is 8.61. The fourth-order valence-electron chi connectivity index (χ4n) is 2.29. The maximum absolute atomic E-state index is 12.1. The van der Waals surface area contributed by atoms with Crippen LogP contribution in [0.15, 0.2) is 30.3 Å². The van der Waals surface area contributed by atoms with Crippen LogP contribution in [0.2, 0.25) is 10.0 Å². The van der Waals surface area contributed by atoms with Gasteiger partial charge in [0.05, 0.1) is 0 Å². The van der Waals surface area contributed by atoms with E-state index in [1.165, 1.54) is 0 Å². The molecule has 128 valence electrons. The van der Waals surface area contributed by atoms with Gasteiger partial charge in [0.15, 0.2) is 11.5 Å². The number of benzene rings is 1. The van der Waals surface area contributed by atoms with Crippen molar-refractivity contribution in [1.82, 2.24) is 15.5 Å². The molecule has 0 aliphatic rings. The van der Waals surface area contributed by atoms with Gasteiger partial charge in [-0.3, -0.25) is 4.79 Å². The molecule has 2 rings (SSSR count). The Balaban J connectivity index is 1.90.